The van der Waals surface area contributed by atoms with E-state index in [1.54, 1.807) is 0 Å². The van der Waals surface area contributed by atoms with Crippen LogP contribution in [0.4, 0.5) is 26.3 Å². The summed E-state index contributed by atoms with van der Waals surface area (Å²) in [6.45, 7) is -0.438. The summed E-state index contributed by atoms with van der Waals surface area (Å²) in [6.07, 6.45) is -14.6. The van der Waals surface area contributed by atoms with Crippen LogP contribution < -0.4 is 0 Å². The Balaban J connectivity index is 3.02. The highest BCUT2D eigenvalue weighted by molar-refractivity contribution is 7.47. The van der Waals surface area contributed by atoms with Crippen molar-refractivity contribution in [3.05, 3.63) is 0 Å². The molecule has 0 aromatic carbocycles. The maximum atomic E-state index is 12.4. The van der Waals surface area contributed by atoms with E-state index in [2.05, 4.69) is 9.05 Å². The van der Waals surface area contributed by atoms with Crippen molar-refractivity contribution in [2.45, 2.75) is 31.3 Å². The van der Waals surface area contributed by atoms with Crippen molar-refractivity contribution in [3.63, 3.8) is 0 Å². The lowest BCUT2D eigenvalue weighted by Gasteiger charge is -2.29. The van der Waals surface area contributed by atoms with E-state index in [-0.39, 0.29) is 6.42 Å². The minimum Gasteiger partial charge on any atom is -0.302 e. The highest BCUT2D eigenvalue weighted by Gasteiger charge is 2.61. The Hall–Kier alpha value is -0.310. The Kier molecular flexibility index (Phi) is 4.37. The molecule has 1 aliphatic heterocycles. The molecule has 1 aliphatic rings. The van der Waals surface area contributed by atoms with Crippen LogP contribution in [0.1, 0.15) is 12.8 Å². The van der Waals surface area contributed by atoms with Crippen LogP contribution >= 0.6 is 7.82 Å². The van der Waals surface area contributed by atoms with E-state index in [0.717, 1.165) is 0 Å². The predicted molar refractivity (Wildman–Crippen MR) is 45.5 cm³/mol. The summed E-state index contributed by atoms with van der Waals surface area (Å²) in [5.74, 6) is -3.81. The highest BCUT2D eigenvalue weighted by atomic mass is 31.2. The van der Waals surface area contributed by atoms with Crippen LogP contribution in [0.5, 0.6) is 0 Å². The van der Waals surface area contributed by atoms with Crippen LogP contribution in [-0.2, 0) is 13.6 Å². The van der Waals surface area contributed by atoms with Gasteiger partial charge in [0, 0.05) is 0 Å². The summed E-state index contributed by atoms with van der Waals surface area (Å²) >= 11 is 0. The van der Waals surface area contributed by atoms with Gasteiger partial charge in [-0.05, 0) is 12.8 Å². The van der Waals surface area contributed by atoms with Gasteiger partial charge in [0.1, 0.15) is 0 Å². The zero-order valence-corrected chi connectivity index (χ0v) is 9.56. The van der Waals surface area contributed by atoms with Gasteiger partial charge in [-0.15, -0.1) is 0 Å². The van der Waals surface area contributed by atoms with Crippen molar-refractivity contribution in [3.8, 4) is 0 Å². The fraction of sp³-hybridized carbons (Fsp3) is 1.00. The predicted octanol–water partition coefficient (Wildman–Crippen LogP) is 3.02. The Morgan fingerprint density at radius 3 is 2.11 bits per heavy atom. The van der Waals surface area contributed by atoms with E-state index < -0.39 is 45.2 Å². The molecule has 11 heteroatoms. The van der Waals surface area contributed by atoms with E-state index in [0.29, 0.717) is 0 Å². The third kappa shape index (κ3) is 4.11. The third-order valence-corrected chi connectivity index (χ3v) is 3.28. The molecule has 0 bridgehead atoms. The maximum absolute atomic E-state index is 12.4. The summed E-state index contributed by atoms with van der Waals surface area (Å²) in [5, 5.41) is 0. The summed E-state index contributed by atoms with van der Waals surface area (Å²) in [5.41, 5.74) is 0. The van der Waals surface area contributed by atoms with Crippen LogP contribution in [-0.4, -0.2) is 30.0 Å². The van der Waals surface area contributed by atoms with Crippen LogP contribution in [0, 0.1) is 5.92 Å². The molecule has 0 radical (unpaired) electrons. The molecule has 1 fully saturated rings. The topological polar surface area (TPSA) is 55.8 Å². The lowest BCUT2D eigenvalue weighted by molar-refractivity contribution is -0.304. The van der Waals surface area contributed by atoms with Gasteiger partial charge in [-0.2, -0.15) is 26.3 Å². The van der Waals surface area contributed by atoms with Gasteiger partial charge in [-0.1, -0.05) is 0 Å². The first-order valence-electron chi connectivity index (χ1n) is 4.72. The zero-order valence-electron chi connectivity index (χ0n) is 8.66. The largest absolute Gasteiger partial charge is 0.472 e. The Bertz CT molecular complexity index is 326. The van der Waals surface area contributed by atoms with E-state index in [4.69, 9.17) is 4.89 Å². The average molecular weight is 302 g/mol. The SMILES string of the molecule is O=P1(O)OCCCC(C(C(F)(F)F)C(F)(F)F)O1. The Morgan fingerprint density at radius 1 is 1.17 bits per heavy atom. The number of hydrogen-bond donors (Lipinski definition) is 1. The van der Waals surface area contributed by atoms with Gasteiger partial charge in [0.25, 0.3) is 0 Å². The van der Waals surface area contributed by atoms with Gasteiger partial charge in [-0.3, -0.25) is 9.05 Å². The summed E-state index contributed by atoms with van der Waals surface area (Å²) < 4.78 is 93.3. The van der Waals surface area contributed by atoms with Crippen LogP contribution in [0.25, 0.3) is 0 Å². The first-order valence-corrected chi connectivity index (χ1v) is 6.22. The molecule has 0 aromatic rings. The number of rotatable bonds is 1. The first-order chi connectivity index (χ1) is 7.93. The van der Waals surface area contributed by atoms with Crippen molar-refractivity contribution in [1.29, 1.82) is 0 Å². The average Bonchev–Trinajstić information content (AvgIpc) is 2.20. The molecular weight excluding hydrogens is 293 g/mol. The normalized spacial score (nSPS) is 31.4. The molecule has 1 rings (SSSR count). The second kappa shape index (κ2) is 4.99. The van der Waals surface area contributed by atoms with Gasteiger partial charge in [0.2, 0.25) is 0 Å². The van der Waals surface area contributed by atoms with Crippen LogP contribution in [0.3, 0.4) is 0 Å². The number of phosphoric acid groups is 1. The molecule has 2 unspecified atom stereocenters. The molecular formula is C7H9F6O4P. The molecule has 0 aromatic heterocycles. The minimum atomic E-state index is -5.62. The molecule has 0 amide bonds. The molecule has 0 saturated carbocycles. The molecule has 1 saturated heterocycles. The molecule has 0 spiro atoms. The van der Waals surface area contributed by atoms with Crippen molar-refractivity contribution in [2.75, 3.05) is 6.61 Å². The van der Waals surface area contributed by atoms with Gasteiger partial charge < -0.3 is 4.89 Å². The zero-order chi connectivity index (χ0) is 14.2. The second-order valence-corrected chi connectivity index (χ2v) is 5.05. The van der Waals surface area contributed by atoms with Gasteiger partial charge >= 0.3 is 20.2 Å². The fourth-order valence-corrected chi connectivity index (χ4v) is 2.54. The summed E-state index contributed by atoms with van der Waals surface area (Å²) in [6, 6.07) is 0. The molecule has 0 aliphatic carbocycles. The standard InChI is InChI=1S/C7H9F6O4P/c8-6(9,10)5(7(11,12)13)4-2-1-3-16-18(14,15)17-4/h4-5H,1-3H2,(H,14,15). The number of hydrogen-bond acceptors (Lipinski definition) is 3. The molecule has 2 atom stereocenters. The molecule has 18 heavy (non-hydrogen) atoms. The number of halogens is 6. The molecule has 1 heterocycles. The molecule has 1 N–H and O–H groups in total. The van der Waals surface area contributed by atoms with Gasteiger partial charge in [-0.25, -0.2) is 4.57 Å². The van der Waals surface area contributed by atoms with Crippen LogP contribution in [0.15, 0.2) is 0 Å². The van der Waals surface area contributed by atoms with Crippen LogP contribution in [0.2, 0.25) is 0 Å². The van der Waals surface area contributed by atoms with Crippen molar-refractivity contribution in [1.82, 2.24) is 0 Å². The maximum Gasteiger partial charge on any atom is 0.472 e. The first kappa shape index (κ1) is 15.7. The lowest BCUT2D eigenvalue weighted by atomic mass is 9.97. The van der Waals surface area contributed by atoms with E-state index in [1.165, 1.54) is 0 Å². The quantitative estimate of drug-likeness (QED) is 0.597. The highest BCUT2D eigenvalue weighted by Crippen LogP contribution is 2.53. The second-order valence-electron chi connectivity index (χ2n) is 3.65. The smallest absolute Gasteiger partial charge is 0.302 e. The summed E-state index contributed by atoms with van der Waals surface area (Å²) in [7, 11) is -4.88. The van der Waals surface area contributed by atoms with E-state index in [1.807, 2.05) is 0 Å². The minimum absolute atomic E-state index is 0.238. The van der Waals surface area contributed by atoms with Gasteiger partial charge in [0.05, 0.1) is 12.7 Å². The molecule has 108 valence electrons. The third-order valence-electron chi connectivity index (χ3n) is 2.23. The number of alkyl halides is 6. The van der Waals surface area contributed by atoms with Crippen molar-refractivity contribution < 1.29 is 44.8 Å². The fourth-order valence-electron chi connectivity index (χ4n) is 1.55. The lowest BCUT2D eigenvalue weighted by Crippen LogP contribution is -2.45. The monoisotopic (exact) mass is 302 g/mol. The van der Waals surface area contributed by atoms with Gasteiger partial charge in [0.15, 0.2) is 5.92 Å². The molecule has 4 nitrogen and oxygen atoms in total. The Labute approximate surface area is 97.5 Å². The van der Waals surface area contributed by atoms with E-state index >= 15 is 0 Å². The van der Waals surface area contributed by atoms with Crippen molar-refractivity contribution >= 4 is 7.82 Å². The number of phosphoric ester groups is 1. The Morgan fingerprint density at radius 2 is 1.67 bits per heavy atom. The van der Waals surface area contributed by atoms with E-state index in [9.17, 15) is 30.9 Å². The summed E-state index contributed by atoms with van der Waals surface area (Å²) in [4.78, 5) is 8.88. The van der Waals surface area contributed by atoms with Crippen molar-refractivity contribution in [2.24, 2.45) is 5.92 Å².